The van der Waals surface area contributed by atoms with E-state index in [1.54, 1.807) is 17.0 Å². The smallest absolute Gasteiger partial charge is 0.256 e. The van der Waals surface area contributed by atoms with Crippen LogP contribution in [0.3, 0.4) is 0 Å². The molecular weight excluding hydrogens is 273 g/mol. The predicted octanol–water partition coefficient (Wildman–Crippen LogP) is 3.21. The minimum Gasteiger partial charge on any atom is -0.339 e. The van der Waals surface area contributed by atoms with E-state index in [1.165, 1.54) is 6.07 Å². The average molecular weight is 286 g/mol. The number of hydrogen-bond donors (Lipinski definition) is 0. The molecule has 0 aliphatic carbocycles. The van der Waals surface area contributed by atoms with Crippen molar-refractivity contribution in [1.82, 2.24) is 4.90 Å². The molecule has 16 heavy (non-hydrogen) atoms. The van der Waals surface area contributed by atoms with Gasteiger partial charge >= 0.3 is 0 Å². The molecule has 0 saturated carbocycles. The number of halogens is 2. The van der Waals surface area contributed by atoms with Crippen molar-refractivity contribution in [2.24, 2.45) is 0 Å². The highest BCUT2D eigenvalue weighted by atomic mass is 79.9. The first kappa shape index (κ1) is 11.6. The van der Waals surface area contributed by atoms with Crippen molar-refractivity contribution in [2.75, 3.05) is 13.1 Å². The second-order valence-corrected chi connectivity index (χ2v) is 4.81. The van der Waals surface area contributed by atoms with E-state index in [2.05, 4.69) is 15.9 Å². The van der Waals surface area contributed by atoms with E-state index in [9.17, 15) is 9.18 Å². The van der Waals surface area contributed by atoms with Crippen LogP contribution in [0.15, 0.2) is 22.7 Å². The van der Waals surface area contributed by atoms with Crippen molar-refractivity contribution in [3.8, 4) is 0 Å². The maximum atomic E-state index is 13.7. The van der Waals surface area contributed by atoms with Crippen LogP contribution in [0.5, 0.6) is 0 Å². The molecule has 1 aromatic rings. The second kappa shape index (κ2) is 4.95. The fraction of sp³-hybridized carbons (Fsp3) is 0.417. The topological polar surface area (TPSA) is 20.3 Å². The number of hydrogen-bond acceptors (Lipinski definition) is 1. The normalized spacial score (nSPS) is 16.2. The Morgan fingerprint density at radius 2 is 1.94 bits per heavy atom. The lowest BCUT2D eigenvalue weighted by molar-refractivity contribution is 0.0719. The second-order valence-electron chi connectivity index (χ2n) is 3.95. The largest absolute Gasteiger partial charge is 0.339 e. The number of carbonyl (C=O) groups is 1. The Hall–Kier alpha value is -0.900. The number of carbonyl (C=O) groups excluding carboxylic acids is 1. The van der Waals surface area contributed by atoms with Gasteiger partial charge in [-0.05, 0) is 47.3 Å². The molecule has 86 valence electrons. The summed E-state index contributed by atoms with van der Waals surface area (Å²) in [6, 6.07) is 4.82. The maximum absolute atomic E-state index is 13.7. The van der Waals surface area contributed by atoms with Gasteiger partial charge in [-0.3, -0.25) is 4.79 Å². The number of likely N-dealkylation sites (tertiary alicyclic amines) is 1. The van der Waals surface area contributed by atoms with E-state index >= 15 is 0 Å². The van der Waals surface area contributed by atoms with Gasteiger partial charge in [0.1, 0.15) is 5.82 Å². The molecule has 0 unspecified atom stereocenters. The molecule has 0 bridgehead atoms. The van der Waals surface area contributed by atoms with Gasteiger partial charge < -0.3 is 4.90 Å². The molecule has 2 rings (SSSR count). The summed E-state index contributed by atoms with van der Waals surface area (Å²) >= 11 is 3.09. The van der Waals surface area contributed by atoms with E-state index in [0.29, 0.717) is 4.47 Å². The molecule has 1 fully saturated rings. The van der Waals surface area contributed by atoms with Crippen LogP contribution in [0, 0.1) is 5.82 Å². The lowest BCUT2D eigenvalue weighted by Gasteiger charge is -2.26. The van der Waals surface area contributed by atoms with Crippen LogP contribution in [0.2, 0.25) is 0 Å². The lowest BCUT2D eigenvalue weighted by atomic mass is 10.1. The number of piperidine rings is 1. The molecule has 0 radical (unpaired) electrons. The van der Waals surface area contributed by atoms with E-state index in [1.807, 2.05) is 0 Å². The summed E-state index contributed by atoms with van der Waals surface area (Å²) in [6.07, 6.45) is 3.19. The van der Waals surface area contributed by atoms with Gasteiger partial charge in [0.05, 0.1) is 10.0 Å². The molecule has 0 aromatic heterocycles. The van der Waals surface area contributed by atoms with Crippen molar-refractivity contribution in [1.29, 1.82) is 0 Å². The SMILES string of the molecule is O=C(c1cccc(Br)c1F)N1CCCCC1. The van der Waals surface area contributed by atoms with Gasteiger partial charge in [-0.2, -0.15) is 0 Å². The van der Waals surface area contributed by atoms with Crippen molar-refractivity contribution >= 4 is 21.8 Å². The van der Waals surface area contributed by atoms with E-state index in [4.69, 9.17) is 0 Å². The number of nitrogens with zero attached hydrogens (tertiary/aromatic N) is 1. The summed E-state index contributed by atoms with van der Waals surface area (Å²) in [7, 11) is 0. The molecular formula is C12H13BrFNO. The van der Waals surface area contributed by atoms with Crippen molar-refractivity contribution in [3.05, 3.63) is 34.1 Å². The number of benzene rings is 1. The van der Waals surface area contributed by atoms with Gasteiger partial charge in [0, 0.05) is 13.1 Å². The summed E-state index contributed by atoms with van der Waals surface area (Å²) in [6.45, 7) is 1.48. The summed E-state index contributed by atoms with van der Waals surface area (Å²) in [5.74, 6) is -0.656. The Kier molecular flexibility index (Phi) is 3.59. The number of rotatable bonds is 1. The lowest BCUT2D eigenvalue weighted by Crippen LogP contribution is -2.36. The molecule has 1 saturated heterocycles. The minimum atomic E-state index is -0.460. The zero-order valence-corrected chi connectivity index (χ0v) is 10.5. The van der Waals surface area contributed by atoms with Gasteiger partial charge in [-0.1, -0.05) is 6.07 Å². The van der Waals surface area contributed by atoms with Crippen LogP contribution < -0.4 is 0 Å². The third kappa shape index (κ3) is 2.26. The van der Waals surface area contributed by atoms with Gasteiger partial charge in [0.25, 0.3) is 5.91 Å². The molecule has 1 aromatic carbocycles. The Morgan fingerprint density at radius 3 is 2.62 bits per heavy atom. The van der Waals surface area contributed by atoms with E-state index < -0.39 is 5.82 Å². The standard InChI is InChI=1S/C12H13BrFNO/c13-10-6-4-5-9(11(10)14)12(16)15-7-2-1-3-8-15/h4-6H,1-3,7-8H2. The van der Waals surface area contributed by atoms with Crippen LogP contribution >= 0.6 is 15.9 Å². The van der Waals surface area contributed by atoms with E-state index in [-0.39, 0.29) is 11.5 Å². The third-order valence-corrected chi connectivity index (χ3v) is 3.44. The average Bonchev–Trinajstić information content (AvgIpc) is 2.33. The summed E-state index contributed by atoms with van der Waals surface area (Å²) in [4.78, 5) is 13.8. The highest BCUT2D eigenvalue weighted by Gasteiger charge is 2.21. The first-order valence-corrected chi connectivity index (χ1v) is 6.23. The Labute approximate surface area is 103 Å². The monoisotopic (exact) mass is 285 g/mol. The molecule has 4 heteroatoms. The van der Waals surface area contributed by atoms with Crippen molar-refractivity contribution in [3.63, 3.8) is 0 Å². The molecule has 1 aliphatic heterocycles. The minimum absolute atomic E-state index is 0.163. The molecule has 1 amide bonds. The highest BCUT2D eigenvalue weighted by Crippen LogP contribution is 2.21. The molecule has 1 heterocycles. The molecule has 1 aliphatic rings. The maximum Gasteiger partial charge on any atom is 0.256 e. The fourth-order valence-electron chi connectivity index (χ4n) is 1.94. The number of amides is 1. The summed E-state index contributed by atoms with van der Waals surface area (Å²) < 4.78 is 14.1. The van der Waals surface area contributed by atoms with E-state index in [0.717, 1.165) is 32.4 Å². The fourth-order valence-corrected chi connectivity index (χ4v) is 2.30. The zero-order valence-electron chi connectivity index (χ0n) is 8.88. The first-order valence-electron chi connectivity index (χ1n) is 5.43. The Morgan fingerprint density at radius 1 is 1.25 bits per heavy atom. The Balaban J connectivity index is 2.22. The van der Waals surface area contributed by atoms with Crippen LogP contribution in [0.4, 0.5) is 4.39 Å². The highest BCUT2D eigenvalue weighted by molar-refractivity contribution is 9.10. The third-order valence-electron chi connectivity index (χ3n) is 2.83. The van der Waals surface area contributed by atoms with Crippen molar-refractivity contribution < 1.29 is 9.18 Å². The van der Waals surface area contributed by atoms with Gasteiger partial charge in [0.2, 0.25) is 0 Å². The molecule has 2 nitrogen and oxygen atoms in total. The zero-order chi connectivity index (χ0) is 11.5. The molecule has 0 spiro atoms. The van der Waals surface area contributed by atoms with Crippen LogP contribution in [-0.2, 0) is 0 Å². The molecule has 0 N–H and O–H groups in total. The van der Waals surface area contributed by atoms with Gasteiger partial charge in [0.15, 0.2) is 0 Å². The van der Waals surface area contributed by atoms with Crippen LogP contribution in [0.25, 0.3) is 0 Å². The van der Waals surface area contributed by atoms with Crippen molar-refractivity contribution in [2.45, 2.75) is 19.3 Å². The predicted molar refractivity (Wildman–Crippen MR) is 63.9 cm³/mol. The quantitative estimate of drug-likeness (QED) is 0.776. The first-order chi connectivity index (χ1) is 7.70. The van der Waals surface area contributed by atoms with Crippen LogP contribution in [0.1, 0.15) is 29.6 Å². The van der Waals surface area contributed by atoms with Crippen LogP contribution in [-0.4, -0.2) is 23.9 Å². The summed E-state index contributed by atoms with van der Waals surface area (Å²) in [5, 5.41) is 0. The van der Waals surface area contributed by atoms with Gasteiger partial charge in [-0.15, -0.1) is 0 Å². The summed E-state index contributed by atoms with van der Waals surface area (Å²) in [5.41, 5.74) is 0.163. The molecule has 0 atom stereocenters. The Bertz CT molecular complexity index is 402. The van der Waals surface area contributed by atoms with Gasteiger partial charge in [-0.25, -0.2) is 4.39 Å².